The highest BCUT2D eigenvalue weighted by Crippen LogP contribution is 2.33. The summed E-state index contributed by atoms with van der Waals surface area (Å²) in [4.78, 5) is 12.8. The van der Waals surface area contributed by atoms with Gasteiger partial charge in [-0.3, -0.25) is 0 Å². The smallest absolute Gasteiger partial charge is 0.214 e. The van der Waals surface area contributed by atoms with E-state index in [4.69, 9.17) is 4.74 Å². The number of aromatic nitrogens is 3. The SMILES string of the molecule is Fc1cccc(COc2cc(-c3cncnc3)c3c(n2)CCC3)c1. The zero-order valence-corrected chi connectivity index (χ0v) is 13.1. The van der Waals surface area contributed by atoms with E-state index in [0.29, 0.717) is 5.88 Å². The van der Waals surface area contributed by atoms with E-state index < -0.39 is 0 Å². The standard InChI is InChI=1S/C19H16FN3O/c20-15-4-1-3-13(7-15)11-24-19-8-17(14-9-21-12-22-10-14)16-5-2-6-18(16)23-19/h1,3-4,7-10,12H,2,5-6,11H2. The molecule has 0 spiro atoms. The first kappa shape index (κ1) is 14.8. The van der Waals surface area contributed by atoms with Crippen LogP contribution in [0.3, 0.4) is 0 Å². The number of rotatable bonds is 4. The van der Waals surface area contributed by atoms with E-state index in [9.17, 15) is 4.39 Å². The van der Waals surface area contributed by atoms with E-state index in [1.54, 1.807) is 18.5 Å². The van der Waals surface area contributed by atoms with Crippen molar-refractivity contribution in [2.24, 2.45) is 0 Å². The van der Waals surface area contributed by atoms with Gasteiger partial charge in [0, 0.05) is 29.7 Å². The molecule has 0 saturated carbocycles. The Balaban J connectivity index is 1.65. The van der Waals surface area contributed by atoms with Gasteiger partial charge in [0.15, 0.2) is 0 Å². The Labute approximate surface area is 139 Å². The van der Waals surface area contributed by atoms with Gasteiger partial charge in [0.25, 0.3) is 0 Å². The summed E-state index contributed by atoms with van der Waals surface area (Å²) < 4.78 is 19.1. The average Bonchev–Trinajstić information content (AvgIpc) is 3.08. The van der Waals surface area contributed by atoms with Crippen molar-refractivity contribution in [3.05, 3.63) is 71.7 Å². The van der Waals surface area contributed by atoms with Crippen molar-refractivity contribution in [2.75, 3.05) is 0 Å². The quantitative estimate of drug-likeness (QED) is 0.734. The zero-order chi connectivity index (χ0) is 16.4. The first-order valence-electron chi connectivity index (χ1n) is 7.95. The van der Waals surface area contributed by atoms with Crippen LogP contribution in [-0.2, 0) is 19.4 Å². The normalized spacial score (nSPS) is 12.9. The van der Waals surface area contributed by atoms with Crippen LogP contribution in [0.25, 0.3) is 11.1 Å². The molecule has 0 bridgehead atoms. The Morgan fingerprint density at radius 1 is 1.08 bits per heavy atom. The molecule has 0 aliphatic heterocycles. The summed E-state index contributed by atoms with van der Waals surface area (Å²) in [6.07, 6.45) is 8.18. The molecule has 1 aromatic carbocycles. The molecule has 0 fully saturated rings. The van der Waals surface area contributed by atoms with Crippen LogP contribution in [0.4, 0.5) is 4.39 Å². The monoisotopic (exact) mass is 321 g/mol. The van der Waals surface area contributed by atoms with Crippen molar-refractivity contribution >= 4 is 0 Å². The van der Waals surface area contributed by atoms with Gasteiger partial charge >= 0.3 is 0 Å². The van der Waals surface area contributed by atoms with Crippen molar-refractivity contribution in [1.29, 1.82) is 0 Å². The van der Waals surface area contributed by atoms with Crippen LogP contribution in [0, 0.1) is 5.82 Å². The molecule has 24 heavy (non-hydrogen) atoms. The maximum absolute atomic E-state index is 13.3. The molecule has 2 heterocycles. The molecular weight excluding hydrogens is 305 g/mol. The molecule has 120 valence electrons. The number of halogens is 1. The van der Waals surface area contributed by atoms with Gasteiger partial charge in [0.1, 0.15) is 18.8 Å². The van der Waals surface area contributed by atoms with Gasteiger partial charge in [0.2, 0.25) is 5.88 Å². The number of hydrogen-bond donors (Lipinski definition) is 0. The largest absolute Gasteiger partial charge is 0.473 e. The fraction of sp³-hybridized carbons (Fsp3) is 0.211. The first-order chi connectivity index (χ1) is 11.8. The summed E-state index contributed by atoms with van der Waals surface area (Å²) in [7, 11) is 0. The Morgan fingerprint density at radius 2 is 1.96 bits per heavy atom. The highest BCUT2D eigenvalue weighted by Gasteiger charge is 2.19. The van der Waals surface area contributed by atoms with Crippen LogP contribution < -0.4 is 4.74 Å². The lowest BCUT2D eigenvalue weighted by molar-refractivity contribution is 0.292. The van der Waals surface area contributed by atoms with Crippen molar-refractivity contribution in [3.63, 3.8) is 0 Å². The Morgan fingerprint density at radius 3 is 2.79 bits per heavy atom. The first-order valence-corrected chi connectivity index (χ1v) is 7.95. The highest BCUT2D eigenvalue weighted by atomic mass is 19.1. The van der Waals surface area contributed by atoms with Gasteiger partial charge in [-0.05, 0) is 48.1 Å². The maximum atomic E-state index is 13.3. The number of benzene rings is 1. The summed E-state index contributed by atoms with van der Waals surface area (Å²) >= 11 is 0. The topological polar surface area (TPSA) is 47.9 Å². The third-order valence-corrected chi connectivity index (χ3v) is 4.17. The zero-order valence-electron chi connectivity index (χ0n) is 13.1. The second-order valence-electron chi connectivity index (χ2n) is 5.83. The molecule has 2 aromatic heterocycles. The van der Waals surface area contributed by atoms with Crippen LogP contribution in [0.2, 0.25) is 0 Å². The van der Waals surface area contributed by atoms with Gasteiger partial charge < -0.3 is 4.74 Å². The fourth-order valence-corrected chi connectivity index (χ4v) is 3.07. The van der Waals surface area contributed by atoms with Gasteiger partial charge in [-0.15, -0.1) is 0 Å². The summed E-state index contributed by atoms with van der Waals surface area (Å²) in [5.41, 5.74) is 5.15. The number of pyridine rings is 1. The summed E-state index contributed by atoms with van der Waals surface area (Å²) in [6, 6.07) is 8.34. The molecule has 0 N–H and O–H groups in total. The summed E-state index contributed by atoms with van der Waals surface area (Å²) in [5.74, 6) is 0.291. The highest BCUT2D eigenvalue weighted by molar-refractivity contribution is 5.68. The number of fused-ring (bicyclic) bond motifs is 1. The van der Waals surface area contributed by atoms with E-state index in [1.165, 1.54) is 24.0 Å². The third-order valence-electron chi connectivity index (χ3n) is 4.17. The van der Waals surface area contributed by atoms with Gasteiger partial charge in [0.05, 0.1) is 0 Å². The van der Waals surface area contributed by atoms with E-state index in [1.807, 2.05) is 12.1 Å². The second kappa shape index (κ2) is 6.35. The lowest BCUT2D eigenvalue weighted by Gasteiger charge is -2.12. The number of hydrogen-bond acceptors (Lipinski definition) is 4. The molecule has 0 atom stereocenters. The molecule has 1 aliphatic rings. The van der Waals surface area contributed by atoms with Gasteiger partial charge in [-0.25, -0.2) is 19.3 Å². The second-order valence-corrected chi connectivity index (χ2v) is 5.83. The molecule has 1 aliphatic carbocycles. The van der Waals surface area contributed by atoms with Crippen LogP contribution in [-0.4, -0.2) is 15.0 Å². The van der Waals surface area contributed by atoms with Crippen LogP contribution in [0.15, 0.2) is 49.1 Å². The van der Waals surface area contributed by atoms with Crippen molar-refractivity contribution in [3.8, 4) is 17.0 Å². The van der Waals surface area contributed by atoms with Crippen LogP contribution in [0.5, 0.6) is 5.88 Å². The Hall–Kier alpha value is -2.82. The minimum Gasteiger partial charge on any atom is -0.473 e. The summed E-state index contributed by atoms with van der Waals surface area (Å²) in [5, 5.41) is 0. The van der Waals surface area contributed by atoms with Crippen molar-refractivity contribution in [1.82, 2.24) is 15.0 Å². The molecular formula is C19H16FN3O. The number of aryl methyl sites for hydroxylation is 1. The van der Waals surface area contributed by atoms with Gasteiger partial charge in [-0.2, -0.15) is 0 Å². The molecule has 4 nitrogen and oxygen atoms in total. The molecule has 0 amide bonds. The van der Waals surface area contributed by atoms with Gasteiger partial charge in [-0.1, -0.05) is 12.1 Å². The van der Waals surface area contributed by atoms with E-state index in [0.717, 1.165) is 41.6 Å². The fourth-order valence-electron chi connectivity index (χ4n) is 3.07. The average molecular weight is 321 g/mol. The Bertz CT molecular complexity index is 868. The predicted molar refractivity (Wildman–Crippen MR) is 88.0 cm³/mol. The van der Waals surface area contributed by atoms with E-state index in [-0.39, 0.29) is 12.4 Å². The maximum Gasteiger partial charge on any atom is 0.214 e. The number of nitrogens with zero attached hydrogens (tertiary/aromatic N) is 3. The van der Waals surface area contributed by atoms with Crippen LogP contribution in [0.1, 0.15) is 23.2 Å². The van der Waals surface area contributed by atoms with Crippen molar-refractivity contribution in [2.45, 2.75) is 25.9 Å². The number of ether oxygens (including phenoxy) is 1. The molecule has 0 unspecified atom stereocenters. The molecule has 0 radical (unpaired) electrons. The molecule has 4 rings (SSSR count). The van der Waals surface area contributed by atoms with Crippen molar-refractivity contribution < 1.29 is 9.13 Å². The molecule has 0 saturated heterocycles. The lowest BCUT2D eigenvalue weighted by atomic mass is 10.0. The Kier molecular flexibility index (Phi) is 3.91. The summed E-state index contributed by atoms with van der Waals surface area (Å²) in [6.45, 7) is 0.286. The van der Waals surface area contributed by atoms with Crippen LogP contribution >= 0.6 is 0 Å². The molecule has 5 heteroatoms. The van der Waals surface area contributed by atoms with E-state index in [2.05, 4.69) is 15.0 Å². The third kappa shape index (κ3) is 2.97. The minimum atomic E-state index is -0.264. The predicted octanol–water partition coefficient (Wildman–Crippen LogP) is 3.75. The van der Waals surface area contributed by atoms with E-state index >= 15 is 0 Å². The molecule has 3 aromatic rings. The lowest BCUT2D eigenvalue weighted by Crippen LogP contribution is -2.01. The minimum absolute atomic E-state index is 0.264.